The molecule has 0 radical (unpaired) electrons. The summed E-state index contributed by atoms with van der Waals surface area (Å²) in [7, 11) is -2.72. The molecule has 1 aromatic carbocycles. The zero-order valence-corrected chi connectivity index (χ0v) is 21.5. The lowest BCUT2D eigenvalue weighted by Gasteiger charge is -2.35. The van der Waals surface area contributed by atoms with Crippen LogP contribution < -0.4 is 10.0 Å². The first kappa shape index (κ1) is 28.0. The summed E-state index contributed by atoms with van der Waals surface area (Å²) in [5.74, 6) is -1.57. The van der Waals surface area contributed by atoms with Crippen molar-refractivity contribution in [1.29, 1.82) is 0 Å². The second-order valence-corrected chi connectivity index (χ2v) is 9.44. The average Bonchev–Trinajstić information content (AvgIpc) is 2.85. The van der Waals surface area contributed by atoms with Crippen LogP contribution in [0.25, 0.3) is 0 Å². The number of halogens is 2. The molecule has 10 heteroatoms. The maximum absolute atomic E-state index is 14.7. The Labute approximate surface area is 206 Å². The summed E-state index contributed by atoms with van der Waals surface area (Å²) >= 11 is 0. The van der Waals surface area contributed by atoms with Crippen molar-refractivity contribution in [2.45, 2.75) is 51.3 Å². The number of hydrogen-bond donors (Lipinski definition) is 2. The van der Waals surface area contributed by atoms with Gasteiger partial charge < -0.3 is 10.2 Å². The molecule has 0 spiro atoms. The van der Waals surface area contributed by atoms with Gasteiger partial charge in [0.1, 0.15) is 22.3 Å². The fourth-order valence-corrected chi connectivity index (χ4v) is 5.11. The fraction of sp³-hybridized carbons (Fsp3) is 0.360. The number of piperidine rings is 1. The number of carbonyl (C=O) groups is 1. The summed E-state index contributed by atoms with van der Waals surface area (Å²) < 4.78 is 56.5. The van der Waals surface area contributed by atoms with E-state index in [-0.39, 0.29) is 28.1 Å². The summed E-state index contributed by atoms with van der Waals surface area (Å²) in [6.45, 7) is 11.5. The van der Waals surface area contributed by atoms with E-state index in [1.54, 1.807) is 13.1 Å². The van der Waals surface area contributed by atoms with E-state index in [1.165, 1.54) is 32.2 Å². The van der Waals surface area contributed by atoms with E-state index in [0.717, 1.165) is 18.0 Å². The van der Waals surface area contributed by atoms with Gasteiger partial charge in [0.25, 0.3) is 10.0 Å². The molecule has 2 aromatic rings. The van der Waals surface area contributed by atoms with Crippen molar-refractivity contribution in [3.8, 4) is 0 Å². The van der Waals surface area contributed by atoms with Crippen molar-refractivity contribution in [3.05, 3.63) is 71.7 Å². The first-order chi connectivity index (χ1) is 16.6. The Kier molecular flexibility index (Phi) is 9.53. The molecule has 35 heavy (non-hydrogen) atoms. The van der Waals surface area contributed by atoms with Gasteiger partial charge in [0.15, 0.2) is 5.78 Å². The van der Waals surface area contributed by atoms with Crippen molar-refractivity contribution < 1.29 is 22.0 Å². The minimum absolute atomic E-state index is 0.0136. The van der Waals surface area contributed by atoms with E-state index in [4.69, 9.17) is 0 Å². The van der Waals surface area contributed by atoms with Crippen LogP contribution in [-0.4, -0.2) is 37.7 Å². The number of benzene rings is 1. The van der Waals surface area contributed by atoms with Crippen molar-refractivity contribution in [2.24, 2.45) is 0 Å². The van der Waals surface area contributed by atoms with Gasteiger partial charge in [-0.1, -0.05) is 20.4 Å². The van der Waals surface area contributed by atoms with Gasteiger partial charge in [-0.3, -0.25) is 9.52 Å². The number of ketones is 1. The lowest BCUT2D eigenvalue weighted by molar-refractivity contribution is -0.113. The quantitative estimate of drug-likeness (QED) is 0.488. The SMILES string of the molecule is C=CN1CC(c2cc(NS(=O)(=O)c3cc(F)cnc3NC)ccc2F)CC/C1=C(/C)C(C)=O.CC. The first-order valence-corrected chi connectivity index (χ1v) is 12.8. The Morgan fingerprint density at radius 3 is 2.51 bits per heavy atom. The molecule has 1 aliphatic rings. The number of Topliss-reactive ketones (excluding diaryl/α,β-unsaturated/α-hetero) is 1. The van der Waals surface area contributed by atoms with E-state index in [9.17, 15) is 22.0 Å². The molecule has 0 saturated carbocycles. The maximum Gasteiger partial charge on any atom is 0.265 e. The number of carbonyl (C=O) groups excluding carboxylic acids is 1. The Bertz CT molecular complexity index is 1230. The van der Waals surface area contributed by atoms with Crippen molar-refractivity contribution in [1.82, 2.24) is 9.88 Å². The minimum atomic E-state index is -4.19. The van der Waals surface area contributed by atoms with E-state index in [2.05, 4.69) is 21.6 Å². The topological polar surface area (TPSA) is 91.4 Å². The Hall–Kier alpha value is -3.27. The lowest BCUT2D eigenvalue weighted by atomic mass is 9.87. The Morgan fingerprint density at radius 1 is 1.23 bits per heavy atom. The Morgan fingerprint density at radius 2 is 1.91 bits per heavy atom. The van der Waals surface area contributed by atoms with Gasteiger partial charge in [-0.2, -0.15) is 0 Å². The van der Waals surface area contributed by atoms with Crippen LogP contribution in [0.2, 0.25) is 0 Å². The monoisotopic (exact) mass is 506 g/mol. The molecule has 0 aliphatic carbocycles. The van der Waals surface area contributed by atoms with E-state index in [0.29, 0.717) is 30.5 Å². The van der Waals surface area contributed by atoms with Crippen molar-refractivity contribution in [3.63, 3.8) is 0 Å². The van der Waals surface area contributed by atoms with Crippen LogP contribution in [0.1, 0.15) is 52.0 Å². The first-order valence-electron chi connectivity index (χ1n) is 11.3. The highest BCUT2D eigenvalue weighted by Crippen LogP contribution is 2.36. The van der Waals surface area contributed by atoms with Gasteiger partial charge in [-0.15, -0.1) is 0 Å². The largest absolute Gasteiger partial charge is 0.372 e. The van der Waals surface area contributed by atoms with Crippen LogP contribution in [0.15, 0.2) is 59.4 Å². The van der Waals surface area contributed by atoms with Crippen LogP contribution in [0, 0.1) is 11.6 Å². The predicted molar refractivity (Wildman–Crippen MR) is 135 cm³/mol. The van der Waals surface area contributed by atoms with Gasteiger partial charge >= 0.3 is 0 Å². The summed E-state index contributed by atoms with van der Waals surface area (Å²) in [5.41, 5.74) is 1.97. The van der Waals surface area contributed by atoms with Gasteiger partial charge in [-0.25, -0.2) is 22.2 Å². The van der Waals surface area contributed by atoms with Crippen LogP contribution in [0.3, 0.4) is 0 Å². The number of anilines is 2. The van der Waals surface area contributed by atoms with Gasteiger partial charge in [0, 0.05) is 36.5 Å². The molecular weight excluding hydrogens is 474 g/mol. The molecule has 1 atom stereocenters. The van der Waals surface area contributed by atoms with E-state index < -0.39 is 21.7 Å². The number of rotatable bonds is 7. The molecule has 1 fully saturated rings. The minimum Gasteiger partial charge on any atom is -0.372 e. The zero-order valence-electron chi connectivity index (χ0n) is 20.7. The fourth-order valence-electron chi connectivity index (χ4n) is 3.88. The van der Waals surface area contributed by atoms with Gasteiger partial charge in [-0.05, 0) is 62.7 Å². The average molecular weight is 507 g/mol. The summed E-state index contributed by atoms with van der Waals surface area (Å²) in [6, 6.07) is 4.80. The van der Waals surface area contributed by atoms with E-state index >= 15 is 0 Å². The number of nitrogens with one attached hydrogen (secondary N) is 2. The number of likely N-dealkylation sites (tertiary alicyclic amines) is 1. The lowest BCUT2D eigenvalue weighted by Crippen LogP contribution is -2.30. The molecule has 0 amide bonds. The molecule has 7 nitrogen and oxygen atoms in total. The smallest absolute Gasteiger partial charge is 0.265 e. The molecule has 3 rings (SSSR count). The highest BCUT2D eigenvalue weighted by Gasteiger charge is 2.28. The van der Waals surface area contributed by atoms with Crippen LogP contribution in [-0.2, 0) is 14.8 Å². The van der Waals surface area contributed by atoms with E-state index in [1.807, 2.05) is 18.7 Å². The second kappa shape index (κ2) is 11.9. The van der Waals surface area contributed by atoms with Crippen LogP contribution in [0.4, 0.5) is 20.3 Å². The summed E-state index contributed by atoms with van der Waals surface area (Å²) in [5, 5.41) is 2.62. The molecule has 2 heterocycles. The number of sulfonamides is 1. The molecule has 190 valence electrons. The molecule has 0 bridgehead atoms. The molecule has 1 aromatic heterocycles. The number of hydrogen-bond acceptors (Lipinski definition) is 6. The second-order valence-electron chi connectivity index (χ2n) is 7.79. The zero-order chi connectivity index (χ0) is 26.3. The Balaban J connectivity index is 0.00000210. The standard InChI is InChI=1S/C23H26F2N4O3S.C2H6/c1-5-29-13-16(6-9-21(29)14(2)15(3)30)19-11-18(7-8-20(19)25)28-33(31,32)22-10-17(24)12-27-23(22)26-4;1-2/h5,7-8,10-12,16,28H,1,6,9,13H2,2-4H3,(H,26,27);1-2H3/b21-14+;. The highest BCUT2D eigenvalue weighted by atomic mass is 32.2. The van der Waals surface area contributed by atoms with Crippen molar-refractivity contribution in [2.75, 3.05) is 23.6 Å². The molecular formula is C25H32F2N4O3S. The number of nitrogens with zero attached hydrogens (tertiary/aromatic N) is 2. The van der Waals surface area contributed by atoms with Gasteiger partial charge in [0.05, 0.1) is 6.20 Å². The van der Waals surface area contributed by atoms with Gasteiger partial charge in [0.2, 0.25) is 0 Å². The maximum atomic E-state index is 14.7. The number of allylic oxidation sites excluding steroid dienone is 2. The number of pyridine rings is 1. The molecule has 1 aliphatic heterocycles. The highest BCUT2D eigenvalue weighted by molar-refractivity contribution is 7.92. The van der Waals surface area contributed by atoms with Crippen LogP contribution in [0.5, 0.6) is 0 Å². The third-order valence-electron chi connectivity index (χ3n) is 5.71. The summed E-state index contributed by atoms with van der Waals surface area (Å²) in [4.78, 5) is 17.0. The summed E-state index contributed by atoms with van der Waals surface area (Å²) in [6.07, 6.45) is 3.65. The third-order valence-corrected chi connectivity index (χ3v) is 7.10. The molecule has 2 N–H and O–H groups in total. The third kappa shape index (κ3) is 6.45. The van der Waals surface area contributed by atoms with Crippen LogP contribution >= 0.6 is 0 Å². The molecule has 1 saturated heterocycles. The predicted octanol–water partition coefficient (Wildman–Crippen LogP) is 5.41. The number of aromatic nitrogens is 1. The molecule has 1 unspecified atom stereocenters. The normalized spacial score (nSPS) is 17.1. The van der Waals surface area contributed by atoms with Crippen molar-refractivity contribution >= 4 is 27.3 Å².